The molecule has 0 aliphatic heterocycles. The third-order valence-corrected chi connectivity index (χ3v) is 3.17. The molecule has 1 aromatic rings. The Kier molecular flexibility index (Phi) is 6.52. The first-order valence-corrected chi connectivity index (χ1v) is 7.09. The van der Waals surface area contributed by atoms with Crippen LogP contribution in [0, 0.1) is 12.3 Å². The number of aryl methyl sites for hydroxylation is 1. The van der Waals surface area contributed by atoms with Crippen molar-refractivity contribution in [1.82, 2.24) is 5.32 Å². The van der Waals surface area contributed by atoms with Crippen LogP contribution in [0.15, 0.2) is 24.3 Å². The smallest absolute Gasteiger partial charge is 0.223 e. The molecule has 3 N–H and O–H groups in total. The molecule has 4 heteroatoms. The molecule has 0 aliphatic carbocycles. The molecule has 0 heterocycles. The molecule has 1 aromatic carbocycles. The van der Waals surface area contributed by atoms with Gasteiger partial charge < -0.3 is 15.8 Å². The van der Waals surface area contributed by atoms with Crippen LogP contribution in [0.25, 0.3) is 0 Å². The predicted molar refractivity (Wildman–Crippen MR) is 81.8 cm³/mol. The largest absolute Gasteiger partial charge is 0.493 e. The van der Waals surface area contributed by atoms with Crippen molar-refractivity contribution in [1.29, 1.82) is 0 Å². The summed E-state index contributed by atoms with van der Waals surface area (Å²) in [6.45, 7) is 7.89. The summed E-state index contributed by atoms with van der Waals surface area (Å²) in [4.78, 5) is 11.7. The zero-order valence-corrected chi connectivity index (χ0v) is 12.7. The molecule has 0 saturated heterocycles. The number of nitrogens with one attached hydrogen (secondary N) is 1. The number of amides is 1. The Morgan fingerprint density at radius 2 is 2.15 bits per heavy atom. The molecule has 0 radical (unpaired) electrons. The van der Waals surface area contributed by atoms with E-state index in [2.05, 4.69) is 19.2 Å². The number of hydrogen-bond acceptors (Lipinski definition) is 3. The molecule has 1 amide bonds. The maximum Gasteiger partial charge on any atom is 0.223 e. The molecule has 20 heavy (non-hydrogen) atoms. The summed E-state index contributed by atoms with van der Waals surface area (Å²) < 4.78 is 5.56. The number of benzene rings is 1. The number of rotatable bonds is 8. The average molecular weight is 278 g/mol. The van der Waals surface area contributed by atoms with Gasteiger partial charge in [-0.2, -0.15) is 0 Å². The fourth-order valence-corrected chi connectivity index (χ4v) is 1.87. The lowest BCUT2D eigenvalue weighted by molar-refractivity contribution is -0.122. The van der Waals surface area contributed by atoms with E-state index in [4.69, 9.17) is 10.5 Å². The van der Waals surface area contributed by atoms with Crippen molar-refractivity contribution < 1.29 is 9.53 Å². The monoisotopic (exact) mass is 278 g/mol. The van der Waals surface area contributed by atoms with Crippen LogP contribution < -0.4 is 15.8 Å². The quantitative estimate of drug-likeness (QED) is 0.766. The highest BCUT2D eigenvalue weighted by Gasteiger charge is 2.17. The van der Waals surface area contributed by atoms with Gasteiger partial charge in [-0.15, -0.1) is 0 Å². The Bertz CT molecular complexity index is 430. The molecular weight excluding hydrogens is 252 g/mol. The van der Waals surface area contributed by atoms with E-state index in [0.717, 1.165) is 17.7 Å². The zero-order valence-electron chi connectivity index (χ0n) is 12.7. The molecule has 0 fully saturated rings. The number of ether oxygens (including phenoxy) is 1. The molecule has 0 saturated carbocycles. The molecule has 112 valence electrons. The molecule has 0 bridgehead atoms. The Morgan fingerprint density at radius 3 is 2.80 bits per heavy atom. The van der Waals surface area contributed by atoms with Gasteiger partial charge in [0.25, 0.3) is 0 Å². The maximum atomic E-state index is 11.7. The topological polar surface area (TPSA) is 64.3 Å². The Morgan fingerprint density at radius 1 is 1.40 bits per heavy atom. The van der Waals surface area contributed by atoms with Crippen LogP contribution in [-0.2, 0) is 4.79 Å². The van der Waals surface area contributed by atoms with Gasteiger partial charge in [0.05, 0.1) is 13.0 Å². The minimum absolute atomic E-state index is 0.0164. The summed E-state index contributed by atoms with van der Waals surface area (Å²) in [7, 11) is 0. The van der Waals surface area contributed by atoms with Crippen molar-refractivity contribution in [3.05, 3.63) is 29.8 Å². The van der Waals surface area contributed by atoms with Crippen LogP contribution in [0.4, 0.5) is 0 Å². The first-order chi connectivity index (χ1) is 9.43. The van der Waals surface area contributed by atoms with Gasteiger partial charge in [-0.1, -0.05) is 26.0 Å². The maximum absolute atomic E-state index is 11.7. The second kappa shape index (κ2) is 7.90. The fraction of sp³-hybridized carbons (Fsp3) is 0.562. The van der Waals surface area contributed by atoms with Crippen molar-refractivity contribution >= 4 is 5.91 Å². The van der Waals surface area contributed by atoms with E-state index >= 15 is 0 Å². The second-order valence-corrected chi connectivity index (χ2v) is 5.89. The average Bonchev–Trinajstić information content (AvgIpc) is 2.37. The van der Waals surface area contributed by atoms with Crippen LogP contribution >= 0.6 is 0 Å². The van der Waals surface area contributed by atoms with Gasteiger partial charge in [-0.05, 0) is 43.0 Å². The molecular formula is C16H26N2O2. The van der Waals surface area contributed by atoms with Crippen molar-refractivity contribution in [2.45, 2.75) is 33.6 Å². The van der Waals surface area contributed by atoms with Crippen LogP contribution in [0.5, 0.6) is 5.75 Å². The van der Waals surface area contributed by atoms with E-state index in [1.54, 1.807) is 0 Å². The Hall–Kier alpha value is -1.55. The molecule has 1 rings (SSSR count). The van der Waals surface area contributed by atoms with Gasteiger partial charge in [0.15, 0.2) is 0 Å². The number of hydrogen-bond donors (Lipinski definition) is 2. The van der Waals surface area contributed by atoms with Crippen molar-refractivity contribution in [3.63, 3.8) is 0 Å². The second-order valence-electron chi connectivity index (χ2n) is 5.89. The van der Waals surface area contributed by atoms with Gasteiger partial charge in [0.2, 0.25) is 5.91 Å². The molecule has 0 aliphatic rings. The lowest BCUT2D eigenvalue weighted by Crippen LogP contribution is -2.35. The first-order valence-electron chi connectivity index (χ1n) is 7.09. The summed E-state index contributed by atoms with van der Waals surface area (Å²) in [6.07, 6.45) is 1.26. The minimum atomic E-state index is 0.0164. The SMILES string of the molecule is Cc1cccc(OCCC(=O)NCC(C)(C)CCN)c1. The van der Waals surface area contributed by atoms with Crippen molar-refractivity contribution in [3.8, 4) is 5.75 Å². The van der Waals surface area contributed by atoms with E-state index in [1.807, 2.05) is 31.2 Å². The molecule has 0 unspecified atom stereocenters. The lowest BCUT2D eigenvalue weighted by atomic mass is 9.89. The predicted octanol–water partition coefficient (Wildman–Crippen LogP) is 2.26. The number of nitrogens with two attached hydrogens (primary N) is 1. The molecule has 4 nitrogen and oxygen atoms in total. The highest BCUT2D eigenvalue weighted by atomic mass is 16.5. The molecule has 0 spiro atoms. The summed E-state index contributed by atoms with van der Waals surface area (Å²) in [6, 6.07) is 7.82. The van der Waals surface area contributed by atoms with E-state index in [0.29, 0.717) is 26.1 Å². The Balaban J connectivity index is 2.23. The van der Waals surface area contributed by atoms with Crippen LogP contribution in [0.2, 0.25) is 0 Å². The highest BCUT2D eigenvalue weighted by molar-refractivity contribution is 5.76. The first kappa shape index (κ1) is 16.5. The fourth-order valence-electron chi connectivity index (χ4n) is 1.87. The standard InChI is InChI=1S/C16H26N2O2/c1-13-5-4-6-14(11-13)20-10-7-15(19)18-12-16(2,3)8-9-17/h4-6,11H,7-10,12,17H2,1-3H3,(H,18,19). The van der Waals surface area contributed by atoms with Crippen LogP contribution in [0.3, 0.4) is 0 Å². The summed E-state index contributed by atoms with van der Waals surface area (Å²) in [5.41, 5.74) is 6.74. The van der Waals surface area contributed by atoms with Gasteiger partial charge in [-0.3, -0.25) is 4.79 Å². The Labute approximate surface area is 121 Å². The van der Waals surface area contributed by atoms with Gasteiger partial charge in [0.1, 0.15) is 5.75 Å². The summed E-state index contributed by atoms with van der Waals surface area (Å²) in [5, 5.41) is 2.93. The van der Waals surface area contributed by atoms with E-state index in [1.165, 1.54) is 0 Å². The van der Waals surface area contributed by atoms with Crippen LogP contribution in [-0.4, -0.2) is 25.6 Å². The van der Waals surface area contributed by atoms with Gasteiger partial charge in [-0.25, -0.2) is 0 Å². The normalized spacial score (nSPS) is 11.2. The molecule has 0 atom stereocenters. The van der Waals surface area contributed by atoms with Crippen molar-refractivity contribution in [2.24, 2.45) is 11.1 Å². The highest BCUT2D eigenvalue weighted by Crippen LogP contribution is 2.17. The van der Waals surface area contributed by atoms with Gasteiger partial charge >= 0.3 is 0 Å². The van der Waals surface area contributed by atoms with Crippen molar-refractivity contribution in [2.75, 3.05) is 19.7 Å². The lowest BCUT2D eigenvalue weighted by Gasteiger charge is -2.24. The molecule has 0 aromatic heterocycles. The number of carbonyl (C=O) groups excluding carboxylic acids is 1. The third kappa shape index (κ3) is 6.57. The van der Waals surface area contributed by atoms with Gasteiger partial charge in [0, 0.05) is 6.54 Å². The summed E-state index contributed by atoms with van der Waals surface area (Å²) in [5.74, 6) is 0.823. The summed E-state index contributed by atoms with van der Waals surface area (Å²) >= 11 is 0. The van der Waals surface area contributed by atoms with E-state index in [9.17, 15) is 4.79 Å². The van der Waals surface area contributed by atoms with E-state index < -0.39 is 0 Å². The number of carbonyl (C=O) groups is 1. The third-order valence-electron chi connectivity index (χ3n) is 3.17. The zero-order chi connectivity index (χ0) is 15.0. The van der Waals surface area contributed by atoms with Crippen LogP contribution in [0.1, 0.15) is 32.3 Å². The van der Waals surface area contributed by atoms with E-state index in [-0.39, 0.29) is 11.3 Å². The minimum Gasteiger partial charge on any atom is -0.493 e.